The molecule has 1 aromatic carbocycles. The van der Waals surface area contributed by atoms with Crippen molar-refractivity contribution in [2.75, 3.05) is 13.1 Å². The average Bonchev–Trinajstić information content (AvgIpc) is 2.45. The van der Waals surface area contributed by atoms with E-state index in [-0.39, 0.29) is 17.5 Å². The maximum Gasteiger partial charge on any atom is 0.244 e. The van der Waals surface area contributed by atoms with Crippen molar-refractivity contribution >= 4 is 10.0 Å². The van der Waals surface area contributed by atoms with Crippen molar-refractivity contribution in [2.24, 2.45) is 5.73 Å². The van der Waals surface area contributed by atoms with Crippen LogP contribution in [0.5, 0.6) is 0 Å². The van der Waals surface area contributed by atoms with E-state index in [1.54, 1.807) is 24.3 Å². The van der Waals surface area contributed by atoms with E-state index < -0.39 is 10.0 Å². The lowest BCUT2D eigenvalue weighted by molar-refractivity contribution is 0.342. The summed E-state index contributed by atoms with van der Waals surface area (Å²) in [5, 5.41) is 0. The van der Waals surface area contributed by atoms with Gasteiger partial charge < -0.3 is 5.73 Å². The van der Waals surface area contributed by atoms with Crippen LogP contribution in [0, 0.1) is 11.8 Å². The van der Waals surface area contributed by atoms with Crippen LogP contribution in [0.4, 0.5) is 0 Å². The van der Waals surface area contributed by atoms with E-state index in [0.29, 0.717) is 12.1 Å². The van der Waals surface area contributed by atoms with Crippen LogP contribution in [0.1, 0.15) is 32.8 Å². The summed E-state index contributed by atoms with van der Waals surface area (Å²) in [6.45, 7) is 6.38. The van der Waals surface area contributed by atoms with E-state index in [9.17, 15) is 8.42 Å². The molecule has 5 heteroatoms. The molecule has 0 saturated heterocycles. The fraction of sp³-hybridized carbons (Fsp3) is 0.467. The Labute approximate surface area is 122 Å². The van der Waals surface area contributed by atoms with E-state index in [1.807, 2.05) is 20.8 Å². The minimum atomic E-state index is -3.53. The minimum Gasteiger partial charge on any atom is -0.320 e. The molecule has 0 spiro atoms. The minimum absolute atomic E-state index is 0.0412. The molecule has 110 valence electrons. The SMILES string of the molecule is CCC(C)N(CC)S(=O)(=O)c1ccccc1C#CCN. The lowest BCUT2D eigenvalue weighted by atomic mass is 10.2. The molecular formula is C15H22N2O2S. The summed E-state index contributed by atoms with van der Waals surface area (Å²) in [6.07, 6.45) is 0.768. The van der Waals surface area contributed by atoms with Crippen LogP contribution in [-0.4, -0.2) is 31.9 Å². The van der Waals surface area contributed by atoms with Gasteiger partial charge in [0.1, 0.15) is 0 Å². The lowest BCUT2D eigenvalue weighted by Gasteiger charge is -2.26. The molecule has 0 aliphatic rings. The van der Waals surface area contributed by atoms with Gasteiger partial charge in [-0.05, 0) is 25.5 Å². The van der Waals surface area contributed by atoms with Crippen LogP contribution in [-0.2, 0) is 10.0 Å². The van der Waals surface area contributed by atoms with Gasteiger partial charge in [0.15, 0.2) is 0 Å². The molecular weight excluding hydrogens is 272 g/mol. The zero-order valence-corrected chi connectivity index (χ0v) is 13.1. The second-order valence-electron chi connectivity index (χ2n) is 4.47. The van der Waals surface area contributed by atoms with Gasteiger partial charge in [-0.1, -0.05) is 37.8 Å². The summed E-state index contributed by atoms with van der Waals surface area (Å²) < 4.78 is 27.1. The molecule has 0 radical (unpaired) electrons. The number of nitrogens with zero attached hydrogens (tertiary/aromatic N) is 1. The Balaban J connectivity index is 3.35. The van der Waals surface area contributed by atoms with Crippen molar-refractivity contribution in [3.05, 3.63) is 29.8 Å². The molecule has 2 N–H and O–H groups in total. The normalized spacial score (nSPS) is 12.8. The van der Waals surface area contributed by atoms with Gasteiger partial charge in [0.2, 0.25) is 10.0 Å². The number of sulfonamides is 1. The van der Waals surface area contributed by atoms with E-state index in [1.165, 1.54) is 4.31 Å². The highest BCUT2D eigenvalue weighted by Crippen LogP contribution is 2.22. The molecule has 1 rings (SSSR count). The first-order chi connectivity index (χ1) is 9.48. The third-order valence-electron chi connectivity index (χ3n) is 3.19. The Bertz CT molecular complexity index is 600. The van der Waals surface area contributed by atoms with Crippen LogP contribution < -0.4 is 5.73 Å². The number of nitrogens with two attached hydrogens (primary N) is 1. The molecule has 1 atom stereocenters. The smallest absolute Gasteiger partial charge is 0.244 e. The topological polar surface area (TPSA) is 63.4 Å². The third kappa shape index (κ3) is 3.60. The summed E-state index contributed by atoms with van der Waals surface area (Å²) in [6, 6.07) is 6.76. The molecule has 20 heavy (non-hydrogen) atoms. The molecule has 0 aliphatic carbocycles. The molecule has 1 aromatic rings. The molecule has 0 amide bonds. The molecule has 0 aromatic heterocycles. The fourth-order valence-corrected chi connectivity index (χ4v) is 3.85. The summed E-state index contributed by atoms with van der Waals surface area (Å²) in [5.74, 6) is 5.55. The molecule has 4 nitrogen and oxygen atoms in total. The predicted octanol–water partition coefficient (Wildman–Crippen LogP) is 1.81. The van der Waals surface area contributed by atoms with Crippen LogP contribution in [0.25, 0.3) is 0 Å². The molecule has 0 aliphatic heterocycles. The highest BCUT2D eigenvalue weighted by molar-refractivity contribution is 7.89. The molecule has 0 saturated carbocycles. The molecule has 1 unspecified atom stereocenters. The molecule has 0 bridgehead atoms. The maximum atomic E-state index is 12.8. The number of hydrogen-bond acceptors (Lipinski definition) is 3. The first-order valence-corrected chi connectivity index (χ1v) is 8.22. The fourth-order valence-electron chi connectivity index (χ4n) is 1.99. The van der Waals surface area contributed by atoms with Crippen molar-refractivity contribution in [1.82, 2.24) is 4.31 Å². The first kappa shape index (κ1) is 16.7. The Morgan fingerprint density at radius 3 is 2.50 bits per heavy atom. The Morgan fingerprint density at radius 2 is 1.95 bits per heavy atom. The summed E-state index contributed by atoms with van der Waals surface area (Å²) in [4.78, 5) is 0.253. The van der Waals surface area contributed by atoms with Crippen molar-refractivity contribution in [2.45, 2.75) is 38.1 Å². The summed E-state index contributed by atoms with van der Waals surface area (Å²) >= 11 is 0. The van der Waals surface area contributed by atoms with Gasteiger partial charge in [-0.3, -0.25) is 0 Å². The van der Waals surface area contributed by atoms with Crippen molar-refractivity contribution in [3.8, 4) is 11.8 Å². The Kier molecular flexibility index (Phi) is 6.21. The highest BCUT2D eigenvalue weighted by Gasteiger charge is 2.28. The first-order valence-electron chi connectivity index (χ1n) is 6.78. The van der Waals surface area contributed by atoms with E-state index in [4.69, 9.17) is 5.73 Å². The van der Waals surface area contributed by atoms with Gasteiger partial charge in [0.05, 0.1) is 11.4 Å². The van der Waals surface area contributed by atoms with Crippen molar-refractivity contribution < 1.29 is 8.42 Å². The van der Waals surface area contributed by atoms with Gasteiger partial charge in [-0.2, -0.15) is 4.31 Å². The van der Waals surface area contributed by atoms with Gasteiger partial charge in [-0.25, -0.2) is 8.42 Å². The molecule has 0 heterocycles. The van der Waals surface area contributed by atoms with Crippen molar-refractivity contribution in [1.29, 1.82) is 0 Å². The maximum absolute atomic E-state index is 12.8. The standard InChI is InChI=1S/C15H22N2O2S/c1-4-13(3)17(5-2)20(18,19)15-11-7-6-9-14(15)10-8-12-16/h6-7,9,11,13H,4-5,12,16H2,1-3H3. The zero-order chi connectivity index (χ0) is 15.2. The predicted molar refractivity (Wildman–Crippen MR) is 81.7 cm³/mol. The van der Waals surface area contributed by atoms with Gasteiger partial charge in [-0.15, -0.1) is 0 Å². The Hall–Kier alpha value is -1.35. The largest absolute Gasteiger partial charge is 0.320 e. The lowest BCUT2D eigenvalue weighted by Crippen LogP contribution is -2.38. The van der Waals surface area contributed by atoms with Crippen LogP contribution in [0.15, 0.2) is 29.2 Å². The second-order valence-corrected chi connectivity index (χ2v) is 6.33. The van der Waals surface area contributed by atoms with E-state index in [2.05, 4.69) is 11.8 Å². The zero-order valence-electron chi connectivity index (χ0n) is 12.3. The van der Waals surface area contributed by atoms with Gasteiger partial charge >= 0.3 is 0 Å². The average molecular weight is 294 g/mol. The number of hydrogen-bond donors (Lipinski definition) is 1. The van der Waals surface area contributed by atoms with Crippen LogP contribution >= 0.6 is 0 Å². The molecule has 0 fully saturated rings. The summed E-state index contributed by atoms with van der Waals surface area (Å²) in [7, 11) is -3.53. The second kappa shape index (κ2) is 7.44. The van der Waals surface area contributed by atoms with E-state index >= 15 is 0 Å². The van der Waals surface area contributed by atoms with Gasteiger partial charge in [0.25, 0.3) is 0 Å². The van der Waals surface area contributed by atoms with Crippen molar-refractivity contribution in [3.63, 3.8) is 0 Å². The van der Waals surface area contributed by atoms with Crippen LogP contribution in [0.2, 0.25) is 0 Å². The highest BCUT2D eigenvalue weighted by atomic mass is 32.2. The Morgan fingerprint density at radius 1 is 1.30 bits per heavy atom. The van der Waals surface area contributed by atoms with Gasteiger partial charge in [0, 0.05) is 18.2 Å². The number of rotatable bonds is 5. The van der Waals surface area contributed by atoms with Crippen LogP contribution in [0.3, 0.4) is 0 Å². The summed E-state index contributed by atoms with van der Waals surface area (Å²) in [5.41, 5.74) is 5.86. The third-order valence-corrected chi connectivity index (χ3v) is 5.34. The monoisotopic (exact) mass is 294 g/mol. The quantitative estimate of drug-likeness (QED) is 0.842. The number of benzene rings is 1. The van der Waals surface area contributed by atoms with E-state index in [0.717, 1.165) is 6.42 Å².